The monoisotopic (exact) mass is 391 g/mol. The second-order valence-corrected chi connectivity index (χ2v) is 7.58. The topological polar surface area (TPSA) is 69.0 Å². The molecule has 0 amide bonds. The molecule has 0 bridgehead atoms. The molecule has 6 heteroatoms. The van der Waals surface area contributed by atoms with Gasteiger partial charge in [0.25, 0.3) is 0 Å². The van der Waals surface area contributed by atoms with Gasteiger partial charge in [0.05, 0.1) is 12.7 Å². The maximum Gasteiger partial charge on any atom is 0.339 e. The average Bonchev–Trinajstić information content (AvgIpc) is 3.25. The van der Waals surface area contributed by atoms with E-state index in [0.29, 0.717) is 24.4 Å². The number of carbonyl (C=O) groups excluding carboxylic acids is 1. The number of aryl methyl sites for hydroxylation is 2. The summed E-state index contributed by atoms with van der Waals surface area (Å²) in [4.78, 5) is 26.1. The Bertz CT molecular complexity index is 1190. The van der Waals surface area contributed by atoms with Gasteiger partial charge < -0.3 is 18.8 Å². The molecule has 5 rings (SSSR count). The summed E-state index contributed by atoms with van der Waals surface area (Å²) in [5.41, 5.74) is 5.81. The summed E-state index contributed by atoms with van der Waals surface area (Å²) in [6, 6.07) is 9.41. The van der Waals surface area contributed by atoms with Gasteiger partial charge in [-0.3, -0.25) is 0 Å². The lowest BCUT2D eigenvalue weighted by Gasteiger charge is -2.32. The SMILES string of the molecule is COC(=O)c1ccc(N2COc3c(cc4c5c(c(=O)oc4c3C)CCC5)C2)cc1. The second kappa shape index (κ2) is 6.65. The number of methoxy groups -OCH3 is 1. The van der Waals surface area contributed by atoms with E-state index in [1.807, 2.05) is 19.1 Å². The van der Waals surface area contributed by atoms with Crippen LogP contribution in [0.3, 0.4) is 0 Å². The van der Waals surface area contributed by atoms with Crippen molar-refractivity contribution >= 4 is 22.6 Å². The fourth-order valence-electron chi connectivity index (χ4n) is 4.43. The molecule has 0 N–H and O–H groups in total. The van der Waals surface area contributed by atoms with Crippen molar-refractivity contribution in [3.8, 4) is 5.75 Å². The number of benzene rings is 2. The molecule has 1 aliphatic heterocycles. The molecule has 0 spiro atoms. The molecule has 3 aromatic rings. The molecule has 0 saturated heterocycles. The Morgan fingerprint density at radius 1 is 1.14 bits per heavy atom. The standard InChI is InChI=1S/C23H21NO5/c1-13-20-15(10-19-17-4-3-5-18(17)23(26)29-21(13)19)11-24(12-28-20)16-8-6-14(7-9-16)22(25)27-2/h6-10H,3-5,11-12H2,1-2H3. The Hall–Kier alpha value is -3.28. The third kappa shape index (κ3) is 2.78. The zero-order valence-electron chi connectivity index (χ0n) is 16.4. The number of hydrogen-bond acceptors (Lipinski definition) is 6. The van der Waals surface area contributed by atoms with Crippen LogP contribution in [0.1, 0.15) is 39.0 Å². The van der Waals surface area contributed by atoms with Crippen molar-refractivity contribution in [3.05, 3.63) is 68.6 Å². The molecule has 6 nitrogen and oxygen atoms in total. The van der Waals surface area contributed by atoms with Crippen LogP contribution in [0, 0.1) is 6.92 Å². The molecule has 2 aromatic carbocycles. The fraction of sp³-hybridized carbons (Fsp3) is 0.304. The van der Waals surface area contributed by atoms with Crippen LogP contribution in [0.2, 0.25) is 0 Å². The molecular formula is C23H21NO5. The molecule has 2 aliphatic rings. The Kier molecular flexibility index (Phi) is 4.08. The summed E-state index contributed by atoms with van der Waals surface area (Å²) in [6.07, 6.45) is 2.69. The molecule has 0 fully saturated rings. The average molecular weight is 391 g/mol. The third-order valence-corrected chi connectivity index (χ3v) is 5.90. The maximum atomic E-state index is 12.3. The molecule has 0 radical (unpaired) electrons. The van der Waals surface area contributed by atoms with E-state index in [2.05, 4.69) is 11.0 Å². The van der Waals surface area contributed by atoms with Gasteiger partial charge in [0, 0.05) is 34.3 Å². The minimum absolute atomic E-state index is 0.212. The highest BCUT2D eigenvalue weighted by Gasteiger charge is 2.26. The Morgan fingerprint density at radius 3 is 2.66 bits per heavy atom. The van der Waals surface area contributed by atoms with Crippen molar-refractivity contribution in [2.75, 3.05) is 18.7 Å². The lowest BCUT2D eigenvalue weighted by Crippen LogP contribution is -2.32. The number of carbonyl (C=O) groups is 1. The fourth-order valence-corrected chi connectivity index (χ4v) is 4.43. The van der Waals surface area contributed by atoms with Gasteiger partial charge >= 0.3 is 11.6 Å². The van der Waals surface area contributed by atoms with E-state index in [1.165, 1.54) is 7.11 Å². The second-order valence-electron chi connectivity index (χ2n) is 7.58. The number of hydrogen-bond donors (Lipinski definition) is 0. The van der Waals surface area contributed by atoms with Crippen molar-refractivity contribution in [3.63, 3.8) is 0 Å². The van der Waals surface area contributed by atoms with E-state index < -0.39 is 0 Å². The number of anilines is 1. The van der Waals surface area contributed by atoms with Crippen LogP contribution in [0.4, 0.5) is 5.69 Å². The van der Waals surface area contributed by atoms with E-state index in [1.54, 1.807) is 12.1 Å². The highest BCUT2D eigenvalue weighted by atomic mass is 16.5. The van der Waals surface area contributed by atoms with E-state index in [0.717, 1.165) is 58.3 Å². The van der Waals surface area contributed by atoms with Crippen molar-refractivity contribution in [1.82, 2.24) is 0 Å². The van der Waals surface area contributed by atoms with Gasteiger partial charge in [-0.05, 0) is 62.1 Å². The van der Waals surface area contributed by atoms with Gasteiger partial charge in [-0.15, -0.1) is 0 Å². The lowest BCUT2D eigenvalue weighted by molar-refractivity contribution is 0.0600. The molecule has 0 unspecified atom stereocenters. The molecule has 0 atom stereocenters. The van der Waals surface area contributed by atoms with Crippen LogP contribution in [-0.2, 0) is 24.1 Å². The van der Waals surface area contributed by atoms with Gasteiger partial charge in [-0.1, -0.05) is 0 Å². The van der Waals surface area contributed by atoms with E-state index in [4.69, 9.17) is 13.9 Å². The Morgan fingerprint density at radius 2 is 1.90 bits per heavy atom. The normalized spacial score (nSPS) is 15.0. The highest BCUT2D eigenvalue weighted by Crippen LogP contribution is 2.38. The first kappa shape index (κ1) is 17.8. The molecular weight excluding hydrogens is 370 g/mol. The largest absolute Gasteiger partial charge is 0.472 e. The van der Waals surface area contributed by atoms with Crippen LogP contribution >= 0.6 is 0 Å². The predicted octanol–water partition coefficient (Wildman–Crippen LogP) is 3.73. The summed E-state index contributed by atoms with van der Waals surface area (Å²) >= 11 is 0. The van der Waals surface area contributed by atoms with Crippen molar-refractivity contribution < 1.29 is 18.7 Å². The first-order valence-electron chi connectivity index (χ1n) is 9.74. The number of rotatable bonds is 2. The minimum atomic E-state index is -0.353. The van der Waals surface area contributed by atoms with Crippen molar-refractivity contribution in [2.45, 2.75) is 32.7 Å². The zero-order valence-corrected chi connectivity index (χ0v) is 16.4. The number of esters is 1. The van der Waals surface area contributed by atoms with E-state index in [9.17, 15) is 9.59 Å². The first-order chi connectivity index (χ1) is 14.1. The third-order valence-electron chi connectivity index (χ3n) is 5.90. The number of ether oxygens (including phenoxy) is 2. The summed E-state index contributed by atoms with van der Waals surface area (Å²) < 4.78 is 16.5. The zero-order chi connectivity index (χ0) is 20.1. The highest BCUT2D eigenvalue weighted by molar-refractivity contribution is 5.90. The van der Waals surface area contributed by atoms with Crippen molar-refractivity contribution in [1.29, 1.82) is 0 Å². The van der Waals surface area contributed by atoms with Crippen LogP contribution in [0.15, 0.2) is 39.5 Å². The predicted molar refractivity (Wildman–Crippen MR) is 109 cm³/mol. The van der Waals surface area contributed by atoms with E-state index >= 15 is 0 Å². The van der Waals surface area contributed by atoms with Crippen LogP contribution in [0.5, 0.6) is 5.75 Å². The van der Waals surface area contributed by atoms with Crippen molar-refractivity contribution in [2.24, 2.45) is 0 Å². The summed E-state index contributed by atoms with van der Waals surface area (Å²) in [5.74, 6) is 0.440. The quantitative estimate of drug-likeness (QED) is 0.490. The molecule has 1 aromatic heterocycles. The van der Waals surface area contributed by atoms with Gasteiger partial charge in [0.15, 0.2) is 6.73 Å². The van der Waals surface area contributed by atoms with Crippen LogP contribution < -0.4 is 15.3 Å². The van der Waals surface area contributed by atoms with Gasteiger partial charge in [-0.25, -0.2) is 9.59 Å². The number of nitrogens with zero attached hydrogens (tertiary/aromatic N) is 1. The molecule has 148 valence electrons. The Balaban J connectivity index is 1.54. The number of fused-ring (bicyclic) bond motifs is 4. The minimum Gasteiger partial charge on any atom is -0.472 e. The summed E-state index contributed by atoms with van der Waals surface area (Å²) in [5, 5.41) is 1.03. The van der Waals surface area contributed by atoms with Crippen LogP contribution in [-0.4, -0.2) is 19.8 Å². The summed E-state index contributed by atoms with van der Waals surface area (Å²) in [7, 11) is 1.37. The first-order valence-corrected chi connectivity index (χ1v) is 9.74. The Labute approximate surface area is 167 Å². The molecule has 0 saturated carbocycles. The molecule has 2 heterocycles. The van der Waals surface area contributed by atoms with Gasteiger partial charge in [0.1, 0.15) is 11.3 Å². The summed E-state index contributed by atoms with van der Waals surface area (Å²) in [6.45, 7) is 3.01. The van der Waals surface area contributed by atoms with Gasteiger partial charge in [-0.2, -0.15) is 0 Å². The van der Waals surface area contributed by atoms with E-state index in [-0.39, 0.29) is 11.6 Å². The lowest BCUT2D eigenvalue weighted by atomic mass is 9.99. The molecule has 1 aliphatic carbocycles. The van der Waals surface area contributed by atoms with Gasteiger partial charge in [0.2, 0.25) is 0 Å². The van der Waals surface area contributed by atoms with Crippen LogP contribution in [0.25, 0.3) is 11.0 Å². The maximum absolute atomic E-state index is 12.3. The molecule has 29 heavy (non-hydrogen) atoms. The smallest absolute Gasteiger partial charge is 0.339 e.